The summed E-state index contributed by atoms with van der Waals surface area (Å²) in [4.78, 5) is 8.00. The molecule has 2 rings (SSSR count). The molecule has 0 radical (unpaired) electrons. The fourth-order valence-corrected chi connectivity index (χ4v) is 2.09. The number of methoxy groups -OCH3 is 1. The van der Waals surface area contributed by atoms with Crippen molar-refractivity contribution >= 4 is 17.4 Å². The van der Waals surface area contributed by atoms with Crippen LogP contribution < -0.4 is 10.6 Å². The standard InChI is InChI=1S/C10H15ClN4O/c1-16-8-5-13-9(11)4-7(8)15-10-2-3-12-6-14-10/h2-3,6-9,13H,4-5H2,1H3,(H,12,14,15). The number of rotatable bonds is 3. The van der Waals surface area contributed by atoms with Crippen LogP contribution in [-0.2, 0) is 4.74 Å². The number of piperidine rings is 1. The molecule has 1 aromatic heterocycles. The highest BCUT2D eigenvalue weighted by Crippen LogP contribution is 2.17. The number of anilines is 1. The van der Waals surface area contributed by atoms with Gasteiger partial charge in [0.1, 0.15) is 12.1 Å². The Morgan fingerprint density at radius 2 is 2.50 bits per heavy atom. The van der Waals surface area contributed by atoms with E-state index in [0.29, 0.717) is 0 Å². The quantitative estimate of drug-likeness (QED) is 0.608. The van der Waals surface area contributed by atoms with E-state index >= 15 is 0 Å². The molecule has 2 heterocycles. The molecule has 0 bridgehead atoms. The number of nitrogens with zero attached hydrogens (tertiary/aromatic N) is 2. The van der Waals surface area contributed by atoms with E-state index in [9.17, 15) is 0 Å². The predicted molar refractivity (Wildman–Crippen MR) is 62.5 cm³/mol. The highest BCUT2D eigenvalue weighted by atomic mass is 35.5. The molecule has 0 aliphatic carbocycles. The van der Waals surface area contributed by atoms with Gasteiger partial charge in [-0.1, -0.05) is 0 Å². The van der Waals surface area contributed by atoms with Crippen molar-refractivity contribution in [3.8, 4) is 0 Å². The molecule has 88 valence electrons. The largest absolute Gasteiger partial charge is 0.378 e. The molecule has 3 unspecified atom stereocenters. The maximum absolute atomic E-state index is 6.06. The van der Waals surface area contributed by atoms with Crippen molar-refractivity contribution in [1.82, 2.24) is 15.3 Å². The van der Waals surface area contributed by atoms with E-state index in [0.717, 1.165) is 18.8 Å². The van der Waals surface area contributed by atoms with Crippen LogP contribution in [0.2, 0.25) is 0 Å². The van der Waals surface area contributed by atoms with Gasteiger partial charge < -0.3 is 10.1 Å². The topological polar surface area (TPSA) is 59.1 Å². The number of alkyl halides is 1. The molecule has 0 saturated carbocycles. The highest BCUT2D eigenvalue weighted by Gasteiger charge is 2.29. The molecule has 1 saturated heterocycles. The minimum Gasteiger partial charge on any atom is -0.378 e. The first-order chi connectivity index (χ1) is 7.79. The molecule has 16 heavy (non-hydrogen) atoms. The molecule has 3 atom stereocenters. The number of halogens is 1. The van der Waals surface area contributed by atoms with Gasteiger partial charge in [0.25, 0.3) is 0 Å². The van der Waals surface area contributed by atoms with Crippen molar-refractivity contribution in [3.63, 3.8) is 0 Å². The Hall–Kier alpha value is -0.910. The lowest BCUT2D eigenvalue weighted by molar-refractivity contribution is 0.0672. The maximum Gasteiger partial charge on any atom is 0.129 e. The third kappa shape index (κ3) is 2.81. The van der Waals surface area contributed by atoms with Gasteiger partial charge in [0, 0.05) is 19.9 Å². The number of nitrogens with one attached hydrogen (secondary N) is 2. The molecule has 1 aromatic rings. The summed E-state index contributed by atoms with van der Waals surface area (Å²) in [6.45, 7) is 0.743. The van der Waals surface area contributed by atoms with Crippen LogP contribution in [-0.4, -0.2) is 41.3 Å². The molecule has 2 N–H and O–H groups in total. The van der Waals surface area contributed by atoms with E-state index in [1.54, 1.807) is 13.3 Å². The molecule has 0 spiro atoms. The van der Waals surface area contributed by atoms with Gasteiger partial charge in [0.05, 0.1) is 17.6 Å². The Balaban J connectivity index is 2.01. The SMILES string of the molecule is COC1CNC(Cl)CC1Nc1ccncn1. The summed E-state index contributed by atoms with van der Waals surface area (Å²) in [7, 11) is 1.70. The number of hydrogen-bond donors (Lipinski definition) is 2. The number of aromatic nitrogens is 2. The second-order valence-corrected chi connectivity index (χ2v) is 4.26. The molecule has 5 nitrogen and oxygen atoms in total. The van der Waals surface area contributed by atoms with E-state index in [-0.39, 0.29) is 17.6 Å². The molecule has 1 aliphatic rings. The second kappa shape index (κ2) is 5.43. The molecule has 0 aromatic carbocycles. The van der Waals surface area contributed by atoms with Crippen LogP contribution in [0.25, 0.3) is 0 Å². The lowest BCUT2D eigenvalue weighted by atomic mass is 10.0. The summed E-state index contributed by atoms with van der Waals surface area (Å²) in [6.07, 6.45) is 4.12. The van der Waals surface area contributed by atoms with Crippen LogP contribution in [0.3, 0.4) is 0 Å². The minimum atomic E-state index is -0.0225. The van der Waals surface area contributed by atoms with Crippen molar-refractivity contribution in [2.45, 2.75) is 24.1 Å². The first kappa shape index (κ1) is 11.6. The van der Waals surface area contributed by atoms with Crippen molar-refractivity contribution in [2.24, 2.45) is 0 Å². The average Bonchev–Trinajstić information content (AvgIpc) is 2.31. The monoisotopic (exact) mass is 242 g/mol. The fraction of sp³-hybridized carbons (Fsp3) is 0.600. The van der Waals surface area contributed by atoms with Gasteiger partial charge in [-0.25, -0.2) is 9.97 Å². The number of ether oxygens (including phenoxy) is 1. The second-order valence-electron chi connectivity index (χ2n) is 3.73. The predicted octanol–water partition coefficient (Wildman–Crippen LogP) is 0.830. The third-order valence-electron chi connectivity index (χ3n) is 2.67. The van der Waals surface area contributed by atoms with Crippen LogP contribution in [0.5, 0.6) is 0 Å². The van der Waals surface area contributed by atoms with Gasteiger partial charge in [-0.15, -0.1) is 11.6 Å². The smallest absolute Gasteiger partial charge is 0.129 e. The van der Waals surface area contributed by atoms with Crippen molar-refractivity contribution in [3.05, 3.63) is 18.6 Å². The fourth-order valence-electron chi connectivity index (χ4n) is 1.81. The van der Waals surface area contributed by atoms with E-state index in [1.807, 2.05) is 6.07 Å². The van der Waals surface area contributed by atoms with Crippen molar-refractivity contribution < 1.29 is 4.74 Å². The van der Waals surface area contributed by atoms with Crippen LogP contribution in [0.15, 0.2) is 18.6 Å². The van der Waals surface area contributed by atoms with Crippen LogP contribution >= 0.6 is 11.6 Å². The minimum absolute atomic E-state index is 0.0225. The highest BCUT2D eigenvalue weighted by molar-refractivity contribution is 6.20. The summed E-state index contributed by atoms with van der Waals surface area (Å²) >= 11 is 6.06. The van der Waals surface area contributed by atoms with E-state index in [2.05, 4.69) is 20.6 Å². The van der Waals surface area contributed by atoms with Gasteiger partial charge >= 0.3 is 0 Å². The zero-order valence-corrected chi connectivity index (χ0v) is 9.81. The third-order valence-corrected chi connectivity index (χ3v) is 3.00. The first-order valence-electron chi connectivity index (χ1n) is 5.22. The molecule has 0 amide bonds. The summed E-state index contributed by atoms with van der Waals surface area (Å²) in [5, 5.41) is 6.48. The van der Waals surface area contributed by atoms with E-state index in [1.165, 1.54) is 6.33 Å². The lowest BCUT2D eigenvalue weighted by Crippen LogP contribution is -2.51. The Morgan fingerprint density at radius 3 is 3.19 bits per heavy atom. The molecular weight excluding hydrogens is 228 g/mol. The van der Waals surface area contributed by atoms with E-state index < -0.39 is 0 Å². The van der Waals surface area contributed by atoms with Gasteiger partial charge in [-0.3, -0.25) is 5.32 Å². The van der Waals surface area contributed by atoms with Gasteiger partial charge in [0.15, 0.2) is 0 Å². The zero-order chi connectivity index (χ0) is 11.4. The Bertz CT molecular complexity index is 324. The van der Waals surface area contributed by atoms with Crippen molar-refractivity contribution in [1.29, 1.82) is 0 Å². The average molecular weight is 243 g/mol. The summed E-state index contributed by atoms with van der Waals surface area (Å²) in [5.74, 6) is 0.799. The summed E-state index contributed by atoms with van der Waals surface area (Å²) < 4.78 is 5.40. The first-order valence-corrected chi connectivity index (χ1v) is 5.66. The molecular formula is C10H15ClN4O. The maximum atomic E-state index is 6.06. The summed E-state index contributed by atoms with van der Waals surface area (Å²) in [5.41, 5.74) is -0.0225. The van der Waals surface area contributed by atoms with Gasteiger partial charge in [-0.05, 0) is 12.5 Å². The van der Waals surface area contributed by atoms with Crippen LogP contribution in [0.4, 0.5) is 5.82 Å². The van der Waals surface area contributed by atoms with Crippen molar-refractivity contribution in [2.75, 3.05) is 19.0 Å². The molecule has 1 fully saturated rings. The van der Waals surface area contributed by atoms with Crippen LogP contribution in [0.1, 0.15) is 6.42 Å². The van der Waals surface area contributed by atoms with E-state index in [4.69, 9.17) is 16.3 Å². The Morgan fingerprint density at radius 1 is 1.62 bits per heavy atom. The van der Waals surface area contributed by atoms with Gasteiger partial charge in [0.2, 0.25) is 0 Å². The molecule has 1 aliphatic heterocycles. The van der Waals surface area contributed by atoms with Crippen LogP contribution in [0, 0.1) is 0 Å². The normalized spacial score (nSPS) is 30.0. The number of hydrogen-bond acceptors (Lipinski definition) is 5. The lowest BCUT2D eigenvalue weighted by Gasteiger charge is -2.34. The molecule has 6 heteroatoms. The summed E-state index contributed by atoms with van der Waals surface area (Å²) in [6, 6.07) is 2.00. The Labute approximate surface area is 99.6 Å². The van der Waals surface area contributed by atoms with Gasteiger partial charge in [-0.2, -0.15) is 0 Å². The zero-order valence-electron chi connectivity index (χ0n) is 9.06. The Kier molecular flexibility index (Phi) is 3.93.